The SMILES string of the molecule is CCC1CCN(C(=O)CC2CCNC2)CC1.Cl. The summed E-state index contributed by atoms with van der Waals surface area (Å²) in [6.45, 7) is 6.38. The van der Waals surface area contributed by atoms with Gasteiger partial charge in [-0.15, -0.1) is 12.4 Å². The first-order chi connectivity index (χ1) is 7.79. The Bertz CT molecular complexity index is 234. The van der Waals surface area contributed by atoms with Crippen molar-refractivity contribution in [2.75, 3.05) is 26.2 Å². The molecule has 1 N–H and O–H groups in total. The summed E-state index contributed by atoms with van der Waals surface area (Å²) in [5.41, 5.74) is 0. The maximum Gasteiger partial charge on any atom is 0.222 e. The lowest BCUT2D eigenvalue weighted by Crippen LogP contribution is -2.39. The molecule has 0 aromatic carbocycles. The number of rotatable bonds is 3. The normalized spacial score (nSPS) is 25.7. The first kappa shape index (κ1) is 14.8. The van der Waals surface area contributed by atoms with E-state index in [1.165, 1.54) is 25.7 Å². The van der Waals surface area contributed by atoms with Crippen molar-refractivity contribution in [3.63, 3.8) is 0 Å². The second-order valence-electron chi connectivity index (χ2n) is 5.30. The molecule has 0 bridgehead atoms. The topological polar surface area (TPSA) is 32.3 Å². The summed E-state index contributed by atoms with van der Waals surface area (Å²) in [4.78, 5) is 14.1. The summed E-state index contributed by atoms with van der Waals surface area (Å²) in [7, 11) is 0. The lowest BCUT2D eigenvalue weighted by molar-refractivity contribution is -0.133. The molecule has 2 fully saturated rings. The number of nitrogens with zero attached hydrogens (tertiary/aromatic N) is 1. The van der Waals surface area contributed by atoms with Crippen LogP contribution in [0, 0.1) is 11.8 Å². The molecule has 0 aromatic heterocycles. The monoisotopic (exact) mass is 260 g/mol. The smallest absolute Gasteiger partial charge is 0.222 e. The van der Waals surface area contributed by atoms with Gasteiger partial charge in [0.15, 0.2) is 0 Å². The highest BCUT2D eigenvalue weighted by atomic mass is 35.5. The summed E-state index contributed by atoms with van der Waals surface area (Å²) in [6, 6.07) is 0. The molecule has 100 valence electrons. The van der Waals surface area contributed by atoms with Crippen molar-refractivity contribution in [2.24, 2.45) is 11.8 Å². The van der Waals surface area contributed by atoms with Crippen LogP contribution in [0.1, 0.15) is 39.0 Å². The van der Waals surface area contributed by atoms with Crippen LogP contribution < -0.4 is 5.32 Å². The zero-order valence-electron chi connectivity index (χ0n) is 10.8. The van der Waals surface area contributed by atoms with E-state index in [2.05, 4.69) is 17.1 Å². The van der Waals surface area contributed by atoms with E-state index in [9.17, 15) is 4.79 Å². The van der Waals surface area contributed by atoms with E-state index in [4.69, 9.17) is 0 Å². The lowest BCUT2D eigenvalue weighted by atomic mass is 9.93. The standard InChI is InChI=1S/C13H24N2O.ClH/c1-2-11-4-7-15(8-5-11)13(16)9-12-3-6-14-10-12;/h11-12,14H,2-10H2,1H3;1H. The number of amides is 1. The third kappa shape index (κ3) is 4.14. The van der Waals surface area contributed by atoms with Crippen LogP contribution in [0.5, 0.6) is 0 Å². The van der Waals surface area contributed by atoms with E-state index in [1.54, 1.807) is 0 Å². The molecule has 0 spiro atoms. The quantitative estimate of drug-likeness (QED) is 0.843. The van der Waals surface area contributed by atoms with E-state index >= 15 is 0 Å². The second-order valence-corrected chi connectivity index (χ2v) is 5.30. The van der Waals surface area contributed by atoms with Gasteiger partial charge in [-0.3, -0.25) is 4.79 Å². The molecule has 0 radical (unpaired) electrons. The highest BCUT2D eigenvalue weighted by Crippen LogP contribution is 2.22. The number of hydrogen-bond acceptors (Lipinski definition) is 2. The van der Waals surface area contributed by atoms with Crippen LogP contribution in [0.4, 0.5) is 0 Å². The molecule has 4 heteroatoms. The zero-order valence-corrected chi connectivity index (χ0v) is 11.6. The van der Waals surface area contributed by atoms with Gasteiger partial charge in [-0.25, -0.2) is 0 Å². The predicted octanol–water partition coefficient (Wildman–Crippen LogP) is 2.06. The molecule has 2 saturated heterocycles. The fraction of sp³-hybridized carbons (Fsp3) is 0.923. The van der Waals surface area contributed by atoms with E-state index in [0.29, 0.717) is 11.8 Å². The van der Waals surface area contributed by atoms with Gasteiger partial charge in [0.1, 0.15) is 0 Å². The Morgan fingerprint density at radius 1 is 1.24 bits per heavy atom. The van der Waals surface area contributed by atoms with Gasteiger partial charge in [0, 0.05) is 19.5 Å². The minimum atomic E-state index is 0. The molecule has 17 heavy (non-hydrogen) atoms. The van der Waals surface area contributed by atoms with Gasteiger partial charge in [-0.1, -0.05) is 13.3 Å². The number of halogens is 1. The van der Waals surface area contributed by atoms with Crippen LogP contribution in [0.15, 0.2) is 0 Å². The Morgan fingerprint density at radius 3 is 2.47 bits per heavy atom. The van der Waals surface area contributed by atoms with E-state index in [1.807, 2.05) is 0 Å². The lowest BCUT2D eigenvalue weighted by Gasteiger charge is -2.32. The first-order valence-corrected chi connectivity index (χ1v) is 6.78. The van der Waals surface area contributed by atoms with Crippen LogP contribution in [0.2, 0.25) is 0 Å². The van der Waals surface area contributed by atoms with Gasteiger partial charge >= 0.3 is 0 Å². The van der Waals surface area contributed by atoms with E-state index in [-0.39, 0.29) is 12.4 Å². The van der Waals surface area contributed by atoms with Crippen molar-refractivity contribution in [1.82, 2.24) is 10.2 Å². The Balaban J connectivity index is 0.00000144. The predicted molar refractivity (Wildman–Crippen MR) is 72.4 cm³/mol. The van der Waals surface area contributed by atoms with E-state index in [0.717, 1.165) is 38.5 Å². The van der Waals surface area contributed by atoms with Gasteiger partial charge in [0.25, 0.3) is 0 Å². The number of hydrogen-bond donors (Lipinski definition) is 1. The Morgan fingerprint density at radius 2 is 1.94 bits per heavy atom. The molecule has 0 aliphatic carbocycles. The Hall–Kier alpha value is -0.280. The molecule has 0 saturated carbocycles. The molecule has 0 aromatic rings. The van der Waals surface area contributed by atoms with Crippen molar-refractivity contribution in [3.05, 3.63) is 0 Å². The van der Waals surface area contributed by atoms with Crippen molar-refractivity contribution in [1.29, 1.82) is 0 Å². The molecule has 1 atom stereocenters. The molecule has 1 unspecified atom stereocenters. The number of carbonyl (C=O) groups is 1. The average Bonchev–Trinajstić information content (AvgIpc) is 2.82. The van der Waals surface area contributed by atoms with Gasteiger partial charge in [-0.05, 0) is 44.2 Å². The molecule has 2 rings (SSSR count). The summed E-state index contributed by atoms with van der Waals surface area (Å²) in [5.74, 6) is 1.84. The van der Waals surface area contributed by atoms with Crippen molar-refractivity contribution in [2.45, 2.75) is 39.0 Å². The zero-order chi connectivity index (χ0) is 11.4. The number of likely N-dealkylation sites (tertiary alicyclic amines) is 1. The van der Waals surface area contributed by atoms with Gasteiger partial charge < -0.3 is 10.2 Å². The summed E-state index contributed by atoms with van der Waals surface area (Å²) in [5, 5.41) is 3.33. The molecule has 2 aliphatic rings. The molecule has 2 aliphatic heterocycles. The van der Waals surface area contributed by atoms with Crippen LogP contribution in [-0.4, -0.2) is 37.0 Å². The second kappa shape index (κ2) is 7.22. The van der Waals surface area contributed by atoms with Gasteiger partial charge in [0.2, 0.25) is 5.91 Å². The largest absolute Gasteiger partial charge is 0.343 e. The summed E-state index contributed by atoms with van der Waals surface area (Å²) < 4.78 is 0. The number of piperidine rings is 1. The third-order valence-electron chi connectivity index (χ3n) is 4.17. The minimum Gasteiger partial charge on any atom is -0.343 e. The average molecular weight is 261 g/mol. The molecule has 3 nitrogen and oxygen atoms in total. The van der Waals surface area contributed by atoms with E-state index < -0.39 is 0 Å². The molecular weight excluding hydrogens is 236 g/mol. The third-order valence-corrected chi connectivity index (χ3v) is 4.17. The van der Waals surface area contributed by atoms with Crippen molar-refractivity contribution >= 4 is 18.3 Å². The number of carbonyl (C=O) groups excluding carboxylic acids is 1. The minimum absolute atomic E-state index is 0. The van der Waals surface area contributed by atoms with Crippen LogP contribution >= 0.6 is 12.4 Å². The molecule has 1 amide bonds. The summed E-state index contributed by atoms with van der Waals surface area (Å²) >= 11 is 0. The van der Waals surface area contributed by atoms with Crippen LogP contribution in [0.25, 0.3) is 0 Å². The number of nitrogens with one attached hydrogen (secondary N) is 1. The summed E-state index contributed by atoms with van der Waals surface area (Å²) in [6.07, 6.45) is 5.64. The van der Waals surface area contributed by atoms with Crippen molar-refractivity contribution in [3.8, 4) is 0 Å². The highest BCUT2D eigenvalue weighted by molar-refractivity contribution is 5.85. The highest BCUT2D eigenvalue weighted by Gasteiger charge is 2.25. The van der Waals surface area contributed by atoms with Gasteiger partial charge in [0.05, 0.1) is 0 Å². The maximum atomic E-state index is 12.0. The first-order valence-electron chi connectivity index (χ1n) is 6.78. The molecule has 2 heterocycles. The van der Waals surface area contributed by atoms with Crippen LogP contribution in [0.3, 0.4) is 0 Å². The molecular formula is C13H25ClN2O. The Labute approximate surface area is 111 Å². The fourth-order valence-electron chi connectivity index (χ4n) is 2.86. The maximum absolute atomic E-state index is 12.0. The Kier molecular flexibility index (Phi) is 6.28. The van der Waals surface area contributed by atoms with Gasteiger partial charge in [-0.2, -0.15) is 0 Å². The van der Waals surface area contributed by atoms with Crippen LogP contribution in [-0.2, 0) is 4.79 Å². The van der Waals surface area contributed by atoms with Crippen molar-refractivity contribution < 1.29 is 4.79 Å². The fourth-order valence-corrected chi connectivity index (χ4v) is 2.86.